The van der Waals surface area contributed by atoms with Crippen LogP contribution in [-0.2, 0) is 16.8 Å². The van der Waals surface area contributed by atoms with Crippen LogP contribution in [0.4, 0.5) is 0 Å². The fourth-order valence-electron chi connectivity index (χ4n) is 1.89. The van der Waals surface area contributed by atoms with Gasteiger partial charge in [0.2, 0.25) is 0 Å². The van der Waals surface area contributed by atoms with Gasteiger partial charge in [-0.25, -0.2) is 0 Å². The molecule has 2 aromatic rings. The summed E-state index contributed by atoms with van der Waals surface area (Å²) in [5.41, 5.74) is 0.0535. The van der Waals surface area contributed by atoms with Gasteiger partial charge in [-0.2, -0.15) is 0 Å². The molecule has 1 N–H and O–H groups in total. The topological polar surface area (TPSA) is 37.3 Å². The first kappa shape index (κ1) is 14.0. The molecule has 0 amide bonds. The summed E-state index contributed by atoms with van der Waals surface area (Å²) in [6.45, 7) is 1.54. The normalized spacial score (nSPS) is 13.8. The van der Waals surface area contributed by atoms with E-state index in [1.54, 1.807) is 19.1 Å². The van der Waals surface area contributed by atoms with Crippen LogP contribution >= 0.6 is 15.9 Å². The predicted molar refractivity (Wildman–Crippen MR) is 78.9 cm³/mol. The molecule has 3 heteroatoms. The van der Waals surface area contributed by atoms with Crippen LogP contribution in [-0.4, -0.2) is 10.9 Å². The first-order valence-electron chi connectivity index (χ1n) is 6.06. The lowest BCUT2D eigenvalue weighted by molar-refractivity contribution is -0.135. The third kappa shape index (κ3) is 3.31. The van der Waals surface area contributed by atoms with Gasteiger partial charge in [-0.15, -0.1) is 0 Å². The predicted octanol–water partition coefficient (Wildman–Crippen LogP) is 3.47. The summed E-state index contributed by atoms with van der Waals surface area (Å²) in [5, 5.41) is 10.4. The summed E-state index contributed by atoms with van der Waals surface area (Å²) in [5.74, 6) is -0.207. The second-order valence-electron chi connectivity index (χ2n) is 4.66. The summed E-state index contributed by atoms with van der Waals surface area (Å²) in [6.07, 6.45) is 0.226. The first-order chi connectivity index (χ1) is 9.00. The summed E-state index contributed by atoms with van der Waals surface area (Å²) >= 11 is 3.34. The average Bonchev–Trinajstić information content (AvgIpc) is 2.40. The highest BCUT2D eigenvalue weighted by atomic mass is 79.9. The minimum absolute atomic E-state index is 0.207. The van der Waals surface area contributed by atoms with Crippen molar-refractivity contribution in [2.24, 2.45) is 0 Å². The van der Waals surface area contributed by atoms with Gasteiger partial charge in [0.1, 0.15) is 5.60 Å². The smallest absolute Gasteiger partial charge is 0.172 e. The van der Waals surface area contributed by atoms with Crippen molar-refractivity contribution in [2.75, 3.05) is 0 Å². The number of benzene rings is 2. The number of halogens is 1. The van der Waals surface area contributed by atoms with Crippen molar-refractivity contribution in [3.63, 3.8) is 0 Å². The van der Waals surface area contributed by atoms with Crippen molar-refractivity contribution in [1.82, 2.24) is 0 Å². The number of ketones is 1. The number of rotatable bonds is 4. The summed E-state index contributed by atoms with van der Waals surface area (Å²) in [6, 6.07) is 16.6. The van der Waals surface area contributed by atoms with E-state index in [0.717, 1.165) is 10.0 Å². The molecule has 0 saturated carbocycles. The van der Waals surface area contributed by atoms with Crippen LogP contribution in [0.3, 0.4) is 0 Å². The molecule has 19 heavy (non-hydrogen) atoms. The van der Waals surface area contributed by atoms with Gasteiger partial charge in [0.15, 0.2) is 5.78 Å². The van der Waals surface area contributed by atoms with Gasteiger partial charge in [0, 0.05) is 10.9 Å². The zero-order chi connectivity index (χ0) is 13.9. The summed E-state index contributed by atoms with van der Waals surface area (Å²) < 4.78 is 0.919. The number of carbonyl (C=O) groups is 1. The Morgan fingerprint density at radius 2 is 1.68 bits per heavy atom. The maximum absolute atomic E-state index is 12.3. The lowest BCUT2D eigenvalue weighted by Crippen LogP contribution is -2.33. The highest BCUT2D eigenvalue weighted by Crippen LogP contribution is 2.25. The van der Waals surface area contributed by atoms with Gasteiger partial charge in [0.05, 0.1) is 0 Å². The molecule has 0 spiro atoms. The number of carbonyl (C=O) groups excluding carboxylic acids is 1. The molecule has 0 heterocycles. The van der Waals surface area contributed by atoms with E-state index in [0.29, 0.717) is 5.56 Å². The van der Waals surface area contributed by atoms with E-state index in [-0.39, 0.29) is 12.2 Å². The van der Waals surface area contributed by atoms with Gasteiger partial charge in [-0.1, -0.05) is 58.4 Å². The standard InChI is InChI=1S/C16H15BrO2/c1-16(19,13-7-9-14(17)10-8-13)15(18)11-12-5-3-2-4-6-12/h2-10,19H,11H2,1H3. The van der Waals surface area contributed by atoms with E-state index in [1.165, 1.54) is 0 Å². The maximum Gasteiger partial charge on any atom is 0.172 e. The molecule has 2 rings (SSSR count). The van der Waals surface area contributed by atoms with E-state index >= 15 is 0 Å². The Kier molecular flexibility index (Phi) is 4.17. The van der Waals surface area contributed by atoms with Crippen molar-refractivity contribution in [1.29, 1.82) is 0 Å². The van der Waals surface area contributed by atoms with Crippen molar-refractivity contribution >= 4 is 21.7 Å². The fraction of sp³-hybridized carbons (Fsp3) is 0.188. The van der Waals surface area contributed by atoms with Gasteiger partial charge < -0.3 is 5.11 Å². The van der Waals surface area contributed by atoms with Crippen molar-refractivity contribution in [2.45, 2.75) is 18.9 Å². The molecule has 0 aliphatic carbocycles. The van der Waals surface area contributed by atoms with Crippen LogP contribution in [0.5, 0.6) is 0 Å². The minimum atomic E-state index is -1.46. The fourth-order valence-corrected chi connectivity index (χ4v) is 2.15. The van der Waals surface area contributed by atoms with Gasteiger partial charge in [-0.3, -0.25) is 4.79 Å². The van der Waals surface area contributed by atoms with Crippen molar-refractivity contribution in [3.05, 3.63) is 70.2 Å². The maximum atomic E-state index is 12.3. The Morgan fingerprint density at radius 3 is 2.26 bits per heavy atom. The Balaban J connectivity index is 2.19. The first-order valence-corrected chi connectivity index (χ1v) is 6.85. The molecular formula is C16H15BrO2. The van der Waals surface area contributed by atoms with E-state index in [1.807, 2.05) is 42.5 Å². The van der Waals surface area contributed by atoms with Gasteiger partial charge in [-0.05, 0) is 30.2 Å². The third-order valence-electron chi connectivity index (χ3n) is 3.16. The van der Waals surface area contributed by atoms with E-state index < -0.39 is 5.60 Å². The zero-order valence-corrected chi connectivity index (χ0v) is 12.2. The van der Waals surface area contributed by atoms with Crippen LogP contribution in [0.25, 0.3) is 0 Å². The average molecular weight is 319 g/mol. The van der Waals surface area contributed by atoms with Crippen LogP contribution < -0.4 is 0 Å². The Hall–Kier alpha value is -1.45. The quantitative estimate of drug-likeness (QED) is 0.937. The molecule has 2 nitrogen and oxygen atoms in total. The SMILES string of the molecule is CC(O)(C(=O)Cc1ccccc1)c1ccc(Br)cc1. The number of aliphatic hydroxyl groups is 1. The molecule has 0 fully saturated rings. The van der Waals surface area contributed by atoms with Crippen molar-refractivity contribution < 1.29 is 9.90 Å². The molecule has 1 atom stereocenters. The Labute approximate surface area is 121 Å². The molecule has 0 saturated heterocycles. The summed E-state index contributed by atoms with van der Waals surface area (Å²) in [7, 11) is 0. The Morgan fingerprint density at radius 1 is 1.11 bits per heavy atom. The van der Waals surface area contributed by atoms with Crippen molar-refractivity contribution in [3.8, 4) is 0 Å². The molecule has 1 unspecified atom stereocenters. The largest absolute Gasteiger partial charge is 0.378 e. The molecular weight excluding hydrogens is 304 g/mol. The molecule has 0 aliphatic rings. The number of Topliss-reactive ketones (excluding diaryl/α,β-unsaturated/α-hetero) is 1. The monoisotopic (exact) mass is 318 g/mol. The number of hydrogen-bond acceptors (Lipinski definition) is 2. The van der Waals surface area contributed by atoms with Gasteiger partial charge >= 0.3 is 0 Å². The van der Waals surface area contributed by atoms with E-state index in [4.69, 9.17) is 0 Å². The molecule has 0 aromatic heterocycles. The van der Waals surface area contributed by atoms with Crippen LogP contribution in [0.2, 0.25) is 0 Å². The molecule has 98 valence electrons. The van der Waals surface area contributed by atoms with Crippen LogP contribution in [0, 0.1) is 0 Å². The number of hydrogen-bond donors (Lipinski definition) is 1. The van der Waals surface area contributed by atoms with Crippen LogP contribution in [0.1, 0.15) is 18.1 Å². The van der Waals surface area contributed by atoms with E-state index in [2.05, 4.69) is 15.9 Å². The van der Waals surface area contributed by atoms with Gasteiger partial charge in [0.25, 0.3) is 0 Å². The van der Waals surface area contributed by atoms with E-state index in [9.17, 15) is 9.90 Å². The molecule has 2 aromatic carbocycles. The van der Waals surface area contributed by atoms with Crippen LogP contribution in [0.15, 0.2) is 59.1 Å². The minimum Gasteiger partial charge on any atom is -0.378 e. The second-order valence-corrected chi connectivity index (χ2v) is 5.58. The lowest BCUT2D eigenvalue weighted by atomic mass is 9.88. The molecule has 0 bridgehead atoms. The molecule has 0 aliphatic heterocycles. The lowest BCUT2D eigenvalue weighted by Gasteiger charge is -2.22. The third-order valence-corrected chi connectivity index (χ3v) is 3.69. The highest BCUT2D eigenvalue weighted by molar-refractivity contribution is 9.10. The molecule has 0 radical (unpaired) electrons. The highest BCUT2D eigenvalue weighted by Gasteiger charge is 2.31. The summed E-state index contributed by atoms with van der Waals surface area (Å²) in [4.78, 5) is 12.3. The Bertz CT molecular complexity index is 559. The second kappa shape index (κ2) is 5.68. The zero-order valence-electron chi connectivity index (χ0n) is 10.6.